The quantitative estimate of drug-likeness (QED) is 0.473. The molecule has 2 N–H and O–H groups in total. The zero-order valence-corrected chi connectivity index (χ0v) is 21.1. The summed E-state index contributed by atoms with van der Waals surface area (Å²) in [4.78, 5) is 45.3. The van der Waals surface area contributed by atoms with Crippen molar-refractivity contribution in [3.8, 4) is 10.6 Å². The first-order valence-electron chi connectivity index (χ1n) is 11.3. The molecule has 0 bridgehead atoms. The van der Waals surface area contributed by atoms with Crippen molar-refractivity contribution < 1.29 is 19.5 Å². The highest BCUT2D eigenvalue weighted by Crippen LogP contribution is 2.45. The number of carbonyl (C=O) groups is 3. The van der Waals surface area contributed by atoms with E-state index in [0.717, 1.165) is 37.6 Å². The maximum Gasteiger partial charge on any atom is 0.407 e. The minimum atomic E-state index is -0.944. The number of carbonyl (C=O) groups excluding carboxylic acids is 2. The number of benzene rings is 1. The van der Waals surface area contributed by atoms with E-state index < -0.39 is 6.09 Å². The average molecular weight is 501 g/mol. The smallest absolute Gasteiger partial charge is 0.407 e. The first-order chi connectivity index (χ1) is 16.3. The molecule has 1 aliphatic rings. The van der Waals surface area contributed by atoms with Crippen LogP contribution in [0.2, 0.25) is 0 Å². The topological polar surface area (TPSA) is 103 Å². The maximum absolute atomic E-state index is 12.9. The normalized spacial score (nSPS) is 14.0. The number of nitrogens with zero attached hydrogens (tertiary/aromatic N) is 3. The molecule has 0 saturated heterocycles. The lowest BCUT2D eigenvalue weighted by atomic mass is 10.0. The standard InChI is InChI=1S/C24H28N4O4S2/c1-4-14(2)28(15(3)29)12-10-20(30)26-23-21(22-25-17-7-5-6-8-18(17)33-22)16-9-11-27(24(31)32)13-19(16)34-23/h5-8,14H,4,9-13H2,1-3H3,(H,26,30)(H,31,32). The van der Waals surface area contributed by atoms with Crippen LogP contribution < -0.4 is 5.32 Å². The molecule has 0 aliphatic carbocycles. The number of hydrogen-bond donors (Lipinski definition) is 2. The first kappa shape index (κ1) is 24.2. The number of nitrogens with one attached hydrogen (secondary N) is 1. The Hall–Kier alpha value is -2.98. The van der Waals surface area contributed by atoms with Crippen molar-refractivity contribution in [2.24, 2.45) is 0 Å². The second kappa shape index (κ2) is 10.1. The zero-order chi connectivity index (χ0) is 24.4. The largest absolute Gasteiger partial charge is 0.465 e. The molecule has 1 unspecified atom stereocenters. The predicted molar refractivity (Wildman–Crippen MR) is 135 cm³/mol. The van der Waals surface area contributed by atoms with E-state index in [2.05, 4.69) is 5.32 Å². The second-order valence-electron chi connectivity index (χ2n) is 8.42. The van der Waals surface area contributed by atoms with Crippen LogP contribution in [0.1, 0.15) is 44.1 Å². The van der Waals surface area contributed by atoms with Crippen LogP contribution in [-0.4, -0.2) is 56.9 Å². The van der Waals surface area contributed by atoms with Crippen LogP contribution in [0.15, 0.2) is 24.3 Å². The number of thiophene rings is 1. The summed E-state index contributed by atoms with van der Waals surface area (Å²) in [7, 11) is 0. The van der Waals surface area contributed by atoms with Crippen LogP contribution in [0, 0.1) is 0 Å². The lowest BCUT2D eigenvalue weighted by molar-refractivity contribution is -0.131. The number of fused-ring (bicyclic) bond motifs is 2. The van der Waals surface area contributed by atoms with E-state index >= 15 is 0 Å². The average Bonchev–Trinajstić information content (AvgIpc) is 3.38. The number of para-hydroxylation sites is 1. The van der Waals surface area contributed by atoms with E-state index in [-0.39, 0.29) is 24.3 Å². The van der Waals surface area contributed by atoms with Crippen LogP contribution in [0.5, 0.6) is 0 Å². The summed E-state index contributed by atoms with van der Waals surface area (Å²) in [5.41, 5.74) is 2.85. The predicted octanol–water partition coefficient (Wildman–Crippen LogP) is 5.04. The van der Waals surface area contributed by atoms with E-state index in [1.54, 1.807) is 16.2 Å². The van der Waals surface area contributed by atoms with E-state index in [1.165, 1.54) is 23.2 Å². The molecule has 8 nitrogen and oxygen atoms in total. The Morgan fingerprint density at radius 1 is 1.26 bits per heavy atom. The van der Waals surface area contributed by atoms with Crippen LogP contribution in [0.25, 0.3) is 20.8 Å². The van der Waals surface area contributed by atoms with Gasteiger partial charge in [0.2, 0.25) is 11.8 Å². The minimum absolute atomic E-state index is 0.0438. The van der Waals surface area contributed by atoms with Crippen LogP contribution >= 0.6 is 22.7 Å². The van der Waals surface area contributed by atoms with Crippen LogP contribution in [0.4, 0.5) is 9.80 Å². The fourth-order valence-electron chi connectivity index (χ4n) is 4.18. The molecule has 0 saturated carbocycles. The lowest BCUT2D eigenvalue weighted by Gasteiger charge is -2.27. The molecule has 10 heteroatoms. The van der Waals surface area contributed by atoms with Gasteiger partial charge in [-0.1, -0.05) is 19.1 Å². The van der Waals surface area contributed by atoms with Gasteiger partial charge >= 0.3 is 6.09 Å². The van der Waals surface area contributed by atoms with E-state index in [1.807, 2.05) is 38.1 Å². The molecule has 0 radical (unpaired) electrons. The van der Waals surface area contributed by atoms with E-state index in [0.29, 0.717) is 31.1 Å². The van der Waals surface area contributed by atoms with Gasteiger partial charge in [-0.15, -0.1) is 22.7 Å². The fraction of sp³-hybridized carbons (Fsp3) is 0.417. The van der Waals surface area contributed by atoms with Gasteiger partial charge in [0.25, 0.3) is 0 Å². The van der Waals surface area contributed by atoms with E-state index in [9.17, 15) is 19.5 Å². The molecule has 1 atom stereocenters. The Kier molecular flexibility index (Phi) is 7.18. The minimum Gasteiger partial charge on any atom is -0.465 e. The fourth-order valence-corrected chi connectivity index (χ4v) is 6.57. The summed E-state index contributed by atoms with van der Waals surface area (Å²) in [5.74, 6) is -0.219. The van der Waals surface area contributed by atoms with Gasteiger partial charge in [-0.2, -0.15) is 0 Å². The Morgan fingerprint density at radius 2 is 2.03 bits per heavy atom. The molecular weight excluding hydrogens is 472 g/mol. The SMILES string of the molecule is CCC(C)N(CCC(=O)Nc1sc2c(c1-c1nc3ccccc3s1)CCN(C(=O)O)C2)C(C)=O. The highest BCUT2D eigenvalue weighted by atomic mass is 32.1. The highest BCUT2D eigenvalue weighted by molar-refractivity contribution is 7.22. The molecule has 0 fully saturated rings. The van der Waals surface area contributed by atoms with Gasteiger partial charge in [-0.3, -0.25) is 9.59 Å². The third-order valence-electron chi connectivity index (χ3n) is 6.20. The summed E-state index contributed by atoms with van der Waals surface area (Å²) in [6.45, 7) is 6.58. The molecule has 2 aromatic heterocycles. The molecular formula is C24H28N4O4S2. The first-order valence-corrected chi connectivity index (χ1v) is 13.0. The molecule has 34 heavy (non-hydrogen) atoms. The Morgan fingerprint density at radius 3 is 2.71 bits per heavy atom. The molecule has 3 heterocycles. The number of thiazole rings is 1. The number of rotatable bonds is 7. The van der Waals surface area contributed by atoms with Crippen molar-refractivity contribution >= 4 is 55.8 Å². The number of hydrogen-bond acceptors (Lipinski definition) is 6. The van der Waals surface area contributed by atoms with Gasteiger partial charge in [0.05, 0.1) is 16.8 Å². The Balaban J connectivity index is 1.63. The maximum atomic E-state index is 12.9. The van der Waals surface area contributed by atoms with Gasteiger partial charge in [-0.25, -0.2) is 9.78 Å². The molecule has 1 aliphatic heterocycles. The number of anilines is 1. The molecule has 0 spiro atoms. The van der Waals surface area contributed by atoms with Gasteiger partial charge in [-0.05, 0) is 37.5 Å². The van der Waals surface area contributed by atoms with Gasteiger partial charge in [0.15, 0.2) is 0 Å². The summed E-state index contributed by atoms with van der Waals surface area (Å²) < 4.78 is 1.06. The Labute approximate surface area is 206 Å². The molecule has 4 rings (SSSR count). The summed E-state index contributed by atoms with van der Waals surface area (Å²) >= 11 is 2.98. The van der Waals surface area contributed by atoms with Crippen molar-refractivity contribution in [2.75, 3.05) is 18.4 Å². The monoisotopic (exact) mass is 500 g/mol. The van der Waals surface area contributed by atoms with E-state index in [4.69, 9.17) is 4.98 Å². The summed E-state index contributed by atoms with van der Waals surface area (Å²) in [6.07, 6.45) is 0.638. The zero-order valence-electron chi connectivity index (χ0n) is 19.5. The summed E-state index contributed by atoms with van der Waals surface area (Å²) in [5, 5.41) is 14.0. The molecule has 1 aromatic carbocycles. The van der Waals surface area contributed by atoms with Crippen LogP contribution in [-0.2, 0) is 22.6 Å². The van der Waals surface area contributed by atoms with Crippen molar-refractivity contribution in [2.45, 2.75) is 52.6 Å². The van der Waals surface area contributed by atoms with Crippen LogP contribution in [0.3, 0.4) is 0 Å². The number of amides is 3. The lowest BCUT2D eigenvalue weighted by Crippen LogP contribution is -2.38. The number of aromatic nitrogens is 1. The molecule has 3 amide bonds. The Bertz CT molecular complexity index is 1200. The molecule has 3 aromatic rings. The van der Waals surface area contributed by atoms with Crippen molar-refractivity contribution in [3.05, 3.63) is 34.7 Å². The van der Waals surface area contributed by atoms with Gasteiger partial charge < -0.3 is 20.2 Å². The highest BCUT2D eigenvalue weighted by Gasteiger charge is 2.29. The van der Waals surface area contributed by atoms with Gasteiger partial charge in [0.1, 0.15) is 10.0 Å². The molecule has 180 valence electrons. The van der Waals surface area contributed by atoms with Gasteiger partial charge in [0, 0.05) is 42.9 Å². The summed E-state index contributed by atoms with van der Waals surface area (Å²) in [6, 6.07) is 7.97. The van der Waals surface area contributed by atoms with Crippen molar-refractivity contribution in [1.82, 2.24) is 14.8 Å². The second-order valence-corrected chi connectivity index (χ2v) is 10.6. The number of carboxylic acid groups (broad SMARTS) is 1. The third-order valence-corrected chi connectivity index (χ3v) is 8.38. The van der Waals surface area contributed by atoms with Crippen molar-refractivity contribution in [1.29, 1.82) is 0 Å². The van der Waals surface area contributed by atoms with Crippen molar-refractivity contribution in [3.63, 3.8) is 0 Å². The third kappa shape index (κ3) is 4.92.